The van der Waals surface area contributed by atoms with E-state index in [1.165, 1.54) is 62.0 Å². The fourth-order valence-corrected chi connectivity index (χ4v) is 3.87. The smallest absolute Gasteiger partial charge is 0.0623 e. The first-order chi connectivity index (χ1) is 18.6. The summed E-state index contributed by atoms with van der Waals surface area (Å²) >= 11 is 1.36. The fourth-order valence-electron chi connectivity index (χ4n) is 3.87. The summed E-state index contributed by atoms with van der Waals surface area (Å²) in [6.07, 6.45) is 3.36. The molecule has 5 aromatic carbocycles. The van der Waals surface area contributed by atoms with Gasteiger partial charge in [-0.25, -0.2) is 5.57 Å². The molecular weight excluding hydrogens is 552 g/mol. The normalized spacial score (nSPS) is 13.2. The van der Waals surface area contributed by atoms with Crippen LogP contribution in [0, 0.1) is 24.1 Å². The van der Waals surface area contributed by atoms with Gasteiger partial charge in [0.15, 0.2) is 0 Å². The molecule has 38 heavy (non-hydrogen) atoms. The molecule has 2 heteroatoms. The third-order valence-corrected chi connectivity index (χ3v) is 6.22. The van der Waals surface area contributed by atoms with Gasteiger partial charge in [0.1, 0.15) is 0 Å². The molecule has 0 amide bonds. The summed E-state index contributed by atoms with van der Waals surface area (Å²) in [5.74, 6) is 0.560. The Hall–Kier alpha value is -2.93. The van der Waals surface area contributed by atoms with Crippen molar-refractivity contribution in [2.75, 3.05) is 0 Å². The number of hydrogen-bond donors (Lipinski definition) is 0. The van der Waals surface area contributed by atoms with E-state index < -0.39 is 0 Å². The molecule has 1 aliphatic rings. The summed E-state index contributed by atoms with van der Waals surface area (Å²) in [5.41, 5.74) is 6.86. The second kappa shape index (κ2) is 18.3. The van der Waals surface area contributed by atoms with Crippen LogP contribution in [0.4, 0.5) is 0 Å². The Morgan fingerprint density at radius 2 is 1.18 bits per heavy atom. The number of rotatable bonds is 1. The molecule has 6 rings (SSSR count). The summed E-state index contributed by atoms with van der Waals surface area (Å²) in [6.45, 7) is 11.7. The van der Waals surface area contributed by atoms with Crippen molar-refractivity contribution in [2.45, 2.75) is 27.7 Å². The van der Waals surface area contributed by atoms with Gasteiger partial charge in [0, 0.05) is 0 Å². The van der Waals surface area contributed by atoms with Crippen LogP contribution in [0.25, 0.3) is 21.9 Å². The molecule has 0 aliphatic heterocycles. The first kappa shape index (κ1) is 31.3. The van der Waals surface area contributed by atoms with Crippen LogP contribution < -0.4 is 0 Å². The van der Waals surface area contributed by atoms with E-state index in [4.69, 9.17) is 0 Å². The standard InChI is InChI=1S/C15H11.C9H13.2C6H5.Si.Zr/c1-2-6-12(7-3-1)15-11-10-13-8-4-5-9-14(13)15;1-6-5-7(2)9(4)8(6)3;2*1-2-4-6-5-3-1;;/h1-11H;6H,1-4H3;2*1-5H;;/q4*-1;;. The molecule has 0 saturated heterocycles. The van der Waals surface area contributed by atoms with Crippen molar-refractivity contribution in [3.63, 3.8) is 0 Å². The van der Waals surface area contributed by atoms with Crippen LogP contribution in [0.5, 0.6) is 0 Å². The Morgan fingerprint density at radius 1 is 0.684 bits per heavy atom. The molecule has 190 valence electrons. The van der Waals surface area contributed by atoms with Crippen molar-refractivity contribution < 1.29 is 23.3 Å². The van der Waals surface area contributed by atoms with E-state index in [9.17, 15) is 0 Å². The molecule has 1 atom stereocenters. The van der Waals surface area contributed by atoms with E-state index in [0.29, 0.717) is 5.92 Å². The quantitative estimate of drug-likeness (QED) is 0.136. The van der Waals surface area contributed by atoms with Crippen molar-refractivity contribution in [3.8, 4) is 11.1 Å². The number of allylic oxidation sites excluding steroid dienone is 4. The SMILES string of the molecule is CC1=[C-]C(C)C(C)=C1C.[Si]=[Zr].[c-]1ccccc1.[c-]1ccccc1.c1ccc(-c2c[cH-]c3ccccc23)cc1. The predicted octanol–water partition coefficient (Wildman–Crippen LogP) is 9.54. The van der Waals surface area contributed by atoms with E-state index in [-0.39, 0.29) is 0 Å². The molecule has 0 spiro atoms. The van der Waals surface area contributed by atoms with Gasteiger partial charge >= 0.3 is 30.2 Å². The minimum atomic E-state index is 0.560. The third kappa shape index (κ3) is 10.4. The van der Waals surface area contributed by atoms with Crippen molar-refractivity contribution >= 4 is 17.7 Å². The van der Waals surface area contributed by atoms with Crippen LogP contribution in [0.2, 0.25) is 0 Å². The largest absolute Gasteiger partial charge is 0.184 e. The third-order valence-electron chi connectivity index (χ3n) is 6.22. The Labute approximate surface area is 246 Å². The maximum atomic E-state index is 3.36. The maximum absolute atomic E-state index is 3.36. The molecule has 0 saturated carbocycles. The summed E-state index contributed by atoms with van der Waals surface area (Å²) in [4.78, 5) is 0. The monoisotopic (exact) mass is 584 g/mol. The Bertz CT molecular complexity index is 1280. The van der Waals surface area contributed by atoms with Crippen molar-refractivity contribution in [3.05, 3.63) is 162 Å². The maximum Gasteiger partial charge on any atom is -0.0623 e. The zero-order chi connectivity index (χ0) is 27.6. The average Bonchev–Trinajstić information content (AvgIpc) is 3.53. The van der Waals surface area contributed by atoms with Gasteiger partial charge in [-0.2, -0.15) is 83.9 Å². The van der Waals surface area contributed by atoms with Gasteiger partial charge in [0.25, 0.3) is 0 Å². The van der Waals surface area contributed by atoms with Crippen molar-refractivity contribution in [2.24, 2.45) is 5.92 Å². The van der Waals surface area contributed by atoms with Gasteiger partial charge in [-0.15, -0.1) is 53.6 Å². The van der Waals surface area contributed by atoms with Gasteiger partial charge in [0.2, 0.25) is 0 Å². The second-order valence-corrected chi connectivity index (χ2v) is 8.65. The first-order valence-corrected chi connectivity index (χ1v) is 16.8. The van der Waals surface area contributed by atoms with Crippen molar-refractivity contribution in [1.82, 2.24) is 0 Å². The summed E-state index contributed by atoms with van der Waals surface area (Å²) in [7, 11) is 0. The van der Waals surface area contributed by atoms with Gasteiger partial charge < -0.3 is 0 Å². The molecule has 2 radical (unpaired) electrons. The zero-order valence-corrected chi connectivity index (χ0v) is 26.2. The van der Waals surface area contributed by atoms with Crippen LogP contribution in [0.15, 0.2) is 144 Å². The van der Waals surface area contributed by atoms with Gasteiger partial charge in [0.05, 0.1) is 0 Å². The molecule has 1 unspecified atom stereocenters. The van der Waals surface area contributed by atoms with Gasteiger partial charge in [-0.3, -0.25) is 6.08 Å². The summed E-state index contributed by atoms with van der Waals surface area (Å²) in [5, 5.41) is 2.65. The molecule has 0 aromatic heterocycles. The molecule has 5 aromatic rings. The van der Waals surface area contributed by atoms with E-state index in [1.807, 2.05) is 60.7 Å². The van der Waals surface area contributed by atoms with Crippen LogP contribution in [-0.4, -0.2) is 6.88 Å². The van der Waals surface area contributed by atoms with Crippen LogP contribution >= 0.6 is 0 Å². The topological polar surface area (TPSA) is 0 Å². The van der Waals surface area contributed by atoms with E-state index >= 15 is 0 Å². The van der Waals surface area contributed by atoms with Crippen molar-refractivity contribution in [1.29, 1.82) is 0 Å². The average molecular weight is 586 g/mol. The van der Waals surface area contributed by atoms with Crippen LogP contribution in [0.1, 0.15) is 27.7 Å². The Balaban J connectivity index is 0.000000189. The molecule has 0 heterocycles. The predicted molar refractivity (Wildman–Crippen MR) is 161 cm³/mol. The summed E-state index contributed by atoms with van der Waals surface area (Å²) in [6, 6.07) is 48.4. The zero-order valence-electron chi connectivity index (χ0n) is 22.7. The molecule has 1 aliphatic carbocycles. The molecule has 0 nitrogen and oxygen atoms in total. The number of hydrogen-bond acceptors (Lipinski definition) is 0. The minimum absolute atomic E-state index is 0.560. The molecule has 0 N–H and O–H groups in total. The van der Waals surface area contributed by atoms with E-state index in [1.54, 1.807) is 0 Å². The van der Waals surface area contributed by atoms with Crippen LogP contribution in [-0.2, 0) is 23.3 Å². The van der Waals surface area contributed by atoms with Crippen LogP contribution in [0.3, 0.4) is 0 Å². The minimum Gasteiger partial charge on any atom is -0.184 e. The second-order valence-electron chi connectivity index (χ2n) is 8.65. The summed E-state index contributed by atoms with van der Waals surface area (Å²) < 4.78 is 0. The molecule has 0 bridgehead atoms. The Kier molecular flexibility index (Phi) is 15.1. The van der Waals surface area contributed by atoms with E-state index in [2.05, 4.69) is 120 Å². The fraction of sp³-hybridized carbons (Fsp3) is 0.139. The first-order valence-electron chi connectivity index (χ1n) is 12.6. The Morgan fingerprint density at radius 3 is 1.58 bits per heavy atom. The molecule has 0 fully saturated rings. The number of benzene rings is 4. The van der Waals surface area contributed by atoms with Gasteiger partial charge in [-0.05, 0) is 0 Å². The number of fused-ring (bicyclic) bond motifs is 1. The van der Waals surface area contributed by atoms with E-state index in [0.717, 1.165) is 0 Å². The molecular formula is C36H34SiZr-4. The van der Waals surface area contributed by atoms with Gasteiger partial charge in [-0.1, -0.05) is 68.7 Å².